The Morgan fingerprint density at radius 3 is 2.35 bits per heavy atom. The third kappa shape index (κ3) is 3.54. The summed E-state index contributed by atoms with van der Waals surface area (Å²) in [5.41, 5.74) is 1.83. The predicted octanol–water partition coefficient (Wildman–Crippen LogP) is 5.28. The number of carboxylic acids is 1. The van der Waals surface area contributed by atoms with Crippen LogP contribution in [0.3, 0.4) is 0 Å². The standard InChI is InChI=1S/C23H29NO2/c1-3-23(22(25)26)16-10-15-21(23)24(17-19-11-6-4-7-12-19)18(2)20-13-8-5-9-14-20/h4-9,11-14,18,21H,3,10,15-17H2,1-2H3,(H,25,26)/t18-,21-,23+/m1/s1. The lowest BCUT2D eigenvalue weighted by Gasteiger charge is -2.42. The molecule has 0 aromatic heterocycles. The second kappa shape index (κ2) is 8.05. The highest BCUT2D eigenvalue weighted by atomic mass is 16.4. The summed E-state index contributed by atoms with van der Waals surface area (Å²) in [4.78, 5) is 14.7. The lowest BCUT2D eigenvalue weighted by Crippen LogP contribution is -2.49. The third-order valence-corrected chi connectivity index (χ3v) is 6.18. The average molecular weight is 351 g/mol. The van der Waals surface area contributed by atoms with Gasteiger partial charge >= 0.3 is 5.97 Å². The average Bonchev–Trinajstić information content (AvgIpc) is 3.12. The first-order valence-electron chi connectivity index (χ1n) is 9.66. The molecule has 26 heavy (non-hydrogen) atoms. The van der Waals surface area contributed by atoms with Crippen LogP contribution in [-0.2, 0) is 11.3 Å². The Kier molecular flexibility index (Phi) is 5.77. The minimum atomic E-state index is -0.641. The molecule has 3 nitrogen and oxygen atoms in total. The summed E-state index contributed by atoms with van der Waals surface area (Å²) in [6.45, 7) is 5.01. The first-order valence-corrected chi connectivity index (χ1v) is 9.66. The van der Waals surface area contributed by atoms with Crippen LogP contribution in [0.2, 0.25) is 0 Å². The van der Waals surface area contributed by atoms with Crippen LogP contribution in [0.4, 0.5) is 0 Å². The molecule has 1 aliphatic carbocycles. The van der Waals surface area contributed by atoms with E-state index in [1.807, 2.05) is 19.1 Å². The molecule has 0 heterocycles. The number of aliphatic carboxylic acids is 1. The molecule has 1 aliphatic rings. The van der Waals surface area contributed by atoms with E-state index in [9.17, 15) is 9.90 Å². The lowest BCUT2D eigenvalue weighted by atomic mass is 9.78. The van der Waals surface area contributed by atoms with E-state index in [1.54, 1.807) is 0 Å². The normalized spacial score (nSPS) is 23.9. The first-order chi connectivity index (χ1) is 12.6. The van der Waals surface area contributed by atoms with Gasteiger partial charge in [-0.05, 0) is 37.3 Å². The molecule has 0 unspecified atom stereocenters. The van der Waals surface area contributed by atoms with E-state index >= 15 is 0 Å². The van der Waals surface area contributed by atoms with Crippen LogP contribution < -0.4 is 0 Å². The molecule has 1 fully saturated rings. The fourth-order valence-electron chi connectivity index (χ4n) is 4.58. The Hall–Kier alpha value is -2.13. The summed E-state index contributed by atoms with van der Waals surface area (Å²) >= 11 is 0. The number of carbonyl (C=O) groups is 1. The van der Waals surface area contributed by atoms with Gasteiger partial charge in [-0.2, -0.15) is 0 Å². The van der Waals surface area contributed by atoms with Crippen molar-refractivity contribution in [3.63, 3.8) is 0 Å². The van der Waals surface area contributed by atoms with Gasteiger partial charge in [-0.1, -0.05) is 74.0 Å². The largest absolute Gasteiger partial charge is 0.481 e. The zero-order valence-electron chi connectivity index (χ0n) is 15.8. The van der Waals surface area contributed by atoms with E-state index in [2.05, 4.69) is 60.4 Å². The second-order valence-electron chi connectivity index (χ2n) is 7.47. The Morgan fingerprint density at radius 2 is 1.77 bits per heavy atom. The molecule has 3 heteroatoms. The maximum absolute atomic E-state index is 12.3. The molecule has 2 aromatic carbocycles. The molecule has 3 rings (SSSR count). The monoisotopic (exact) mass is 351 g/mol. The summed E-state index contributed by atoms with van der Waals surface area (Å²) in [6, 6.07) is 21.1. The molecule has 0 saturated heterocycles. The van der Waals surface area contributed by atoms with Crippen molar-refractivity contribution in [2.24, 2.45) is 5.41 Å². The summed E-state index contributed by atoms with van der Waals surface area (Å²) in [7, 11) is 0. The second-order valence-corrected chi connectivity index (χ2v) is 7.47. The van der Waals surface area contributed by atoms with Crippen LogP contribution in [0.15, 0.2) is 60.7 Å². The summed E-state index contributed by atoms with van der Waals surface area (Å²) in [5, 5.41) is 10.1. The minimum Gasteiger partial charge on any atom is -0.481 e. The quantitative estimate of drug-likeness (QED) is 0.737. The molecule has 0 amide bonds. The maximum Gasteiger partial charge on any atom is 0.311 e. The van der Waals surface area contributed by atoms with Crippen molar-refractivity contribution in [3.8, 4) is 0 Å². The van der Waals surface area contributed by atoms with Crippen LogP contribution in [0.25, 0.3) is 0 Å². The molecule has 0 radical (unpaired) electrons. The van der Waals surface area contributed by atoms with Crippen molar-refractivity contribution >= 4 is 5.97 Å². The summed E-state index contributed by atoms with van der Waals surface area (Å²) < 4.78 is 0. The fraction of sp³-hybridized carbons (Fsp3) is 0.435. The SMILES string of the molecule is CC[C@]1(C(=O)O)CCC[C@H]1N(Cc1ccccc1)[C@H](C)c1ccccc1. The van der Waals surface area contributed by atoms with E-state index in [0.29, 0.717) is 6.42 Å². The molecule has 0 aliphatic heterocycles. The number of benzene rings is 2. The zero-order chi connectivity index (χ0) is 18.6. The van der Waals surface area contributed by atoms with E-state index in [0.717, 1.165) is 25.8 Å². The van der Waals surface area contributed by atoms with Crippen LogP contribution >= 0.6 is 0 Å². The Morgan fingerprint density at radius 1 is 1.15 bits per heavy atom. The van der Waals surface area contributed by atoms with Gasteiger partial charge in [0.15, 0.2) is 0 Å². The smallest absolute Gasteiger partial charge is 0.311 e. The molecule has 3 atom stereocenters. The van der Waals surface area contributed by atoms with Crippen LogP contribution in [0, 0.1) is 5.41 Å². The van der Waals surface area contributed by atoms with E-state index < -0.39 is 11.4 Å². The Bertz CT molecular complexity index is 716. The lowest BCUT2D eigenvalue weighted by molar-refractivity contribution is -0.153. The number of hydrogen-bond donors (Lipinski definition) is 1. The predicted molar refractivity (Wildman–Crippen MR) is 105 cm³/mol. The molecule has 138 valence electrons. The van der Waals surface area contributed by atoms with Crippen molar-refractivity contribution in [2.45, 2.75) is 58.2 Å². The van der Waals surface area contributed by atoms with Gasteiger partial charge in [0.05, 0.1) is 5.41 Å². The van der Waals surface area contributed by atoms with Gasteiger partial charge in [0.25, 0.3) is 0 Å². The van der Waals surface area contributed by atoms with Crippen molar-refractivity contribution < 1.29 is 9.90 Å². The van der Waals surface area contributed by atoms with Crippen molar-refractivity contribution in [1.29, 1.82) is 0 Å². The van der Waals surface area contributed by atoms with Gasteiger partial charge in [0.1, 0.15) is 0 Å². The van der Waals surface area contributed by atoms with Crippen molar-refractivity contribution in [1.82, 2.24) is 4.90 Å². The Balaban J connectivity index is 1.98. The summed E-state index contributed by atoms with van der Waals surface area (Å²) in [6.07, 6.45) is 3.39. The molecule has 0 spiro atoms. The highest BCUT2D eigenvalue weighted by Crippen LogP contribution is 2.47. The first kappa shape index (κ1) is 18.7. The number of hydrogen-bond acceptors (Lipinski definition) is 2. The number of carboxylic acid groups (broad SMARTS) is 1. The van der Waals surface area contributed by atoms with Crippen LogP contribution in [0.5, 0.6) is 0 Å². The topological polar surface area (TPSA) is 40.5 Å². The van der Waals surface area contributed by atoms with Crippen molar-refractivity contribution in [2.75, 3.05) is 0 Å². The minimum absolute atomic E-state index is 0.0559. The summed E-state index contributed by atoms with van der Waals surface area (Å²) in [5.74, 6) is -0.638. The van der Waals surface area contributed by atoms with Gasteiger partial charge in [-0.15, -0.1) is 0 Å². The number of nitrogens with zero attached hydrogens (tertiary/aromatic N) is 1. The van der Waals surface area contributed by atoms with Crippen LogP contribution in [-0.4, -0.2) is 22.0 Å². The van der Waals surface area contributed by atoms with Crippen molar-refractivity contribution in [3.05, 3.63) is 71.8 Å². The molecule has 2 aromatic rings. The van der Waals surface area contributed by atoms with Gasteiger partial charge < -0.3 is 5.11 Å². The van der Waals surface area contributed by atoms with Gasteiger partial charge in [0, 0.05) is 18.6 Å². The molecular formula is C23H29NO2. The zero-order valence-corrected chi connectivity index (χ0v) is 15.8. The van der Waals surface area contributed by atoms with E-state index in [-0.39, 0.29) is 12.1 Å². The highest BCUT2D eigenvalue weighted by Gasteiger charge is 2.51. The maximum atomic E-state index is 12.3. The van der Waals surface area contributed by atoms with Crippen LogP contribution in [0.1, 0.15) is 56.7 Å². The van der Waals surface area contributed by atoms with Gasteiger partial charge in [-0.25, -0.2) is 0 Å². The third-order valence-electron chi connectivity index (χ3n) is 6.18. The van der Waals surface area contributed by atoms with E-state index in [1.165, 1.54) is 11.1 Å². The number of rotatable bonds is 7. The molecule has 1 saturated carbocycles. The Labute approximate surface area is 156 Å². The molecule has 0 bridgehead atoms. The molecule has 1 N–H and O–H groups in total. The fourth-order valence-corrected chi connectivity index (χ4v) is 4.58. The van der Waals surface area contributed by atoms with Gasteiger partial charge in [0.2, 0.25) is 0 Å². The van der Waals surface area contributed by atoms with E-state index in [4.69, 9.17) is 0 Å². The van der Waals surface area contributed by atoms with Gasteiger partial charge in [-0.3, -0.25) is 9.69 Å². The highest BCUT2D eigenvalue weighted by molar-refractivity contribution is 5.76. The molecular weight excluding hydrogens is 322 g/mol.